The summed E-state index contributed by atoms with van der Waals surface area (Å²) in [6.45, 7) is 1.61. The van der Waals surface area contributed by atoms with E-state index < -0.39 is 11.6 Å². The molecule has 0 aromatic heterocycles. The predicted octanol–water partition coefficient (Wildman–Crippen LogP) is 0.283. The minimum atomic E-state index is -1.06. The van der Waals surface area contributed by atoms with Crippen LogP contribution >= 0.6 is 0 Å². The minimum absolute atomic E-state index is 0.308. The van der Waals surface area contributed by atoms with Gasteiger partial charge in [0.1, 0.15) is 0 Å². The summed E-state index contributed by atoms with van der Waals surface area (Å²) in [5.41, 5.74) is -1.06. The average Bonchev–Trinajstić information content (AvgIpc) is 2.19. The van der Waals surface area contributed by atoms with Gasteiger partial charge in [0.05, 0.1) is 13.2 Å². The van der Waals surface area contributed by atoms with Gasteiger partial charge >= 0.3 is 5.97 Å². The normalized spacial score (nSPS) is 20.6. The van der Waals surface area contributed by atoms with Gasteiger partial charge in [-0.3, -0.25) is 0 Å². The third-order valence-corrected chi connectivity index (χ3v) is 2.36. The van der Waals surface area contributed by atoms with Crippen molar-refractivity contribution in [2.45, 2.75) is 18.4 Å². The van der Waals surface area contributed by atoms with E-state index in [1.165, 1.54) is 0 Å². The van der Waals surface area contributed by atoms with E-state index in [4.69, 9.17) is 19.3 Å². The molecule has 1 aliphatic rings. The Balaban J connectivity index is 2.47. The van der Waals surface area contributed by atoms with E-state index in [0.29, 0.717) is 39.3 Å². The van der Waals surface area contributed by atoms with E-state index >= 15 is 0 Å². The zero-order chi connectivity index (χ0) is 10.4. The number of methoxy groups -OCH3 is 1. The molecule has 0 aromatic rings. The van der Waals surface area contributed by atoms with Gasteiger partial charge in [0.15, 0.2) is 5.60 Å². The number of aliphatic carboxylic acids is 1. The molecule has 1 saturated heterocycles. The highest BCUT2D eigenvalue weighted by Gasteiger charge is 2.41. The van der Waals surface area contributed by atoms with Crippen LogP contribution in [0.3, 0.4) is 0 Å². The highest BCUT2D eigenvalue weighted by Crippen LogP contribution is 2.25. The monoisotopic (exact) mass is 204 g/mol. The molecule has 1 aliphatic heterocycles. The largest absolute Gasteiger partial charge is 0.479 e. The number of hydrogen-bond acceptors (Lipinski definition) is 4. The quantitative estimate of drug-likeness (QED) is 0.652. The van der Waals surface area contributed by atoms with Gasteiger partial charge in [-0.25, -0.2) is 4.79 Å². The van der Waals surface area contributed by atoms with Crippen LogP contribution in [0.4, 0.5) is 0 Å². The van der Waals surface area contributed by atoms with Crippen molar-refractivity contribution in [3.05, 3.63) is 0 Å². The van der Waals surface area contributed by atoms with E-state index in [9.17, 15) is 4.79 Å². The highest BCUT2D eigenvalue weighted by atomic mass is 16.6. The molecule has 1 rings (SSSR count). The van der Waals surface area contributed by atoms with Crippen LogP contribution in [0.15, 0.2) is 0 Å². The van der Waals surface area contributed by atoms with Gasteiger partial charge in [-0.15, -0.1) is 0 Å². The summed E-state index contributed by atoms with van der Waals surface area (Å²) in [4.78, 5) is 11.0. The standard InChI is InChI=1S/C9H16O5/c1-12-6-7-14-9(8(10)11)2-4-13-5-3-9/h2-7H2,1H3,(H,10,11). The van der Waals surface area contributed by atoms with Gasteiger partial charge in [0.25, 0.3) is 0 Å². The number of carboxylic acids is 1. The third kappa shape index (κ3) is 2.67. The fraction of sp³-hybridized carbons (Fsp3) is 0.889. The van der Waals surface area contributed by atoms with Crippen LogP contribution in [0.25, 0.3) is 0 Å². The van der Waals surface area contributed by atoms with Gasteiger partial charge in [-0.1, -0.05) is 0 Å². The van der Waals surface area contributed by atoms with E-state index in [1.807, 2.05) is 0 Å². The summed E-state index contributed by atoms with van der Waals surface area (Å²) in [5, 5.41) is 9.07. The Morgan fingerprint density at radius 1 is 1.43 bits per heavy atom. The molecular weight excluding hydrogens is 188 g/mol. The third-order valence-electron chi connectivity index (χ3n) is 2.36. The van der Waals surface area contributed by atoms with Crippen LogP contribution in [0.1, 0.15) is 12.8 Å². The fourth-order valence-electron chi connectivity index (χ4n) is 1.44. The molecule has 1 fully saturated rings. The lowest BCUT2D eigenvalue weighted by atomic mass is 9.94. The van der Waals surface area contributed by atoms with Crippen LogP contribution in [0.5, 0.6) is 0 Å². The van der Waals surface area contributed by atoms with Crippen LogP contribution in [-0.2, 0) is 19.0 Å². The van der Waals surface area contributed by atoms with Crippen LogP contribution in [0.2, 0.25) is 0 Å². The summed E-state index contributed by atoms with van der Waals surface area (Å²) in [7, 11) is 1.56. The summed E-state index contributed by atoms with van der Waals surface area (Å²) in [6, 6.07) is 0. The average molecular weight is 204 g/mol. The highest BCUT2D eigenvalue weighted by molar-refractivity contribution is 5.77. The molecule has 1 heterocycles. The fourth-order valence-corrected chi connectivity index (χ4v) is 1.44. The van der Waals surface area contributed by atoms with Crippen molar-refractivity contribution in [2.24, 2.45) is 0 Å². The Kier molecular flexibility index (Phi) is 4.31. The Labute approximate surface area is 82.9 Å². The molecule has 0 aliphatic carbocycles. The van der Waals surface area contributed by atoms with Gasteiger partial charge in [0.2, 0.25) is 0 Å². The minimum Gasteiger partial charge on any atom is -0.479 e. The first kappa shape index (κ1) is 11.4. The maximum Gasteiger partial charge on any atom is 0.336 e. The molecule has 14 heavy (non-hydrogen) atoms. The first-order valence-electron chi connectivity index (χ1n) is 4.65. The molecule has 0 saturated carbocycles. The Hall–Kier alpha value is -0.650. The maximum absolute atomic E-state index is 11.0. The van der Waals surface area contributed by atoms with Crippen molar-refractivity contribution >= 4 is 5.97 Å². The molecule has 0 bridgehead atoms. The van der Waals surface area contributed by atoms with Crippen molar-refractivity contribution in [3.8, 4) is 0 Å². The lowest BCUT2D eigenvalue weighted by molar-refractivity contribution is -0.180. The van der Waals surface area contributed by atoms with Crippen molar-refractivity contribution in [1.82, 2.24) is 0 Å². The second-order valence-corrected chi connectivity index (χ2v) is 3.25. The van der Waals surface area contributed by atoms with E-state index in [-0.39, 0.29) is 0 Å². The number of carboxylic acid groups (broad SMARTS) is 1. The second-order valence-electron chi connectivity index (χ2n) is 3.25. The first-order valence-corrected chi connectivity index (χ1v) is 4.65. The number of hydrogen-bond donors (Lipinski definition) is 1. The molecule has 0 radical (unpaired) electrons. The molecule has 0 unspecified atom stereocenters. The van der Waals surface area contributed by atoms with E-state index in [1.54, 1.807) is 7.11 Å². The molecule has 1 N–H and O–H groups in total. The summed E-state index contributed by atoms with van der Waals surface area (Å²) in [6.07, 6.45) is 0.818. The molecule has 0 amide bonds. The zero-order valence-corrected chi connectivity index (χ0v) is 8.32. The SMILES string of the molecule is COCCOC1(C(=O)O)CCOCC1. The first-order chi connectivity index (χ1) is 6.71. The van der Waals surface area contributed by atoms with Gasteiger partial charge in [-0.2, -0.15) is 0 Å². The summed E-state index contributed by atoms with van der Waals surface area (Å²) in [5.74, 6) is -0.906. The van der Waals surface area contributed by atoms with Crippen LogP contribution in [-0.4, -0.2) is 50.2 Å². The Morgan fingerprint density at radius 3 is 2.57 bits per heavy atom. The van der Waals surface area contributed by atoms with E-state index in [0.717, 1.165) is 0 Å². The number of carbonyl (C=O) groups is 1. The predicted molar refractivity (Wildman–Crippen MR) is 48.2 cm³/mol. The Bertz CT molecular complexity index is 186. The lowest BCUT2D eigenvalue weighted by Crippen LogP contribution is -2.47. The molecule has 0 atom stereocenters. The van der Waals surface area contributed by atoms with Gasteiger partial charge in [0, 0.05) is 33.2 Å². The van der Waals surface area contributed by atoms with Gasteiger partial charge in [-0.05, 0) is 0 Å². The van der Waals surface area contributed by atoms with Crippen molar-refractivity contribution in [3.63, 3.8) is 0 Å². The number of ether oxygens (including phenoxy) is 3. The van der Waals surface area contributed by atoms with Crippen LogP contribution < -0.4 is 0 Å². The molecule has 5 nitrogen and oxygen atoms in total. The number of rotatable bonds is 5. The van der Waals surface area contributed by atoms with E-state index in [2.05, 4.69) is 0 Å². The topological polar surface area (TPSA) is 65.0 Å². The zero-order valence-electron chi connectivity index (χ0n) is 8.32. The molecule has 82 valence electrons. The smallest absolute Gasteiger partial charge is 0.336 e. The molecule has 0 spiro atoms. The second kappa shape index (κ2) is 5.29. The Morgan fingerprint density at radius 2 is 2.07 bits per heavy atom. The van der Waals surface area contributed by atoms with Crippen LogP contribution in [0, 0.1) is 0 Å². The summed E-state index contributed by atoms with van der Waals surface area (Å²) >= 11 is 0. The van der Waals surface area contributed by atoms with Crippen molar-refractivity contribution < 1.29 is 24.1 Å². The lowest BCUT2D eigenvalue weighted by Gasteiger charge is -2.32. The molecular formula is C9H16O5. The molecule has 0 aromatic carbocycles. The van der Waals surface area contributed by atoms with Crippen molar-refractivity contribution in [2.75, 3.05) is 33.5 Å². The van der Waals surface area contributed by atoms with Gasteiger partial charge < -0.3 is 19.3 Å². The van der Waals surface area contributed by atoms with Crippen molar-refractivity contribution in [1.29, 1.82) is 0 Å². The maximum atomic E-state index is 11.0. The molecule has 5 heteroatoms. The summed E-state index contributed by atoms with van der Waals surface area (Å²) < 4.78 is 15.3.